The number of carbonyl (C=O) groups is 2. The van der Waals surface area contributed by atoms with Gasteiger partial charge in [0.15, 0.2) is 0 Å². The molecule has 0 aromatic heterocycles. The number of rotatable bonds is 2. The van der Waals surface area contributed by atoms with Crippen LogP contribution >= 0.6 is 0 Å². The molecule has 94 valence electrons. The number of aliphatic carboxylic acids is 1. The highest BCUT2D eigenvalue weighted by molar-refractivity contribution is 5.86. The number of carbonyl (C=O) groups excluding carboxylic acids is 1. The first-order valence-electron chi connectivity index (χ1n) is 5.91. The van der Waals surface area contributed by atoms with Gasteiger partial charge in [-0.3, -0.25) is 9.59 Å². The molecule has 5 nitrogen and oxygen atoms in total. The van der Waals surface area contributed by atoms with Crippen molar-refractivity contribution in [3.63, 3.8) is 0 Å². The summed E-state index contributed by atoms with van der Waals surface area (Å²) in [7, 11) is 0. The maximum Gasteiger partial charge on any atom is 0.308 e. The fourth-order valence-electron chi connectivity index (χ4n) is 2.60. The Labute approximate surface area is 104 Å². The van der Waals surface area contributed by atoms with Gasteiger partial charge >= 0.3 is 5.97 Å². The molecule has 1 fully saturated rings. The molecule has 18 heavy (non-hydrogen) atoms. The largest absolute Gasteiger partial charge is 0.491 e. The summed E-state index contributed by atoms with van der Waals surface area (Å²) in [6, 6.07) is 7.43. The van der Waals surface area contributed by atoms with Crippen LogP contribution in [0.15, 0.2) is 24.3 Å². The van der Waals surface area contributed by atoms with Gasteiger partial charge in [-0.05, 0) is 6.07 Å². The highest BCUT2D eigenvalue weighted by Gasteiger charge is 2.41. The summed E-state index contributed by atoms with van der Waals surface area (Å²) in [6.07, 6.45) is 0.0913. The first-order valence-corrected chi connectivity index (χ1v) is 5.91. The fraction of sp³-hybridized carbons (Fsp3) is 0.385. The van der Waals surface area contributed by atoms with E-state index < -0.39 is 11.9 Å². The number of ether oxygens (including phenoxy) is 1. The zero-order valence-electron chi connectivity index (χ0n) is 9.70. The van der Waals surface area contributed by atoms with Gasteiger partial charge in [-0.2, -0.15) is 0 Å². The minimum Gasteiger partial charge on any atom is -0.491 e. The normalized spacial score (nSPS) is 26.0. The predicted octanol–water partition coefficient (Wildman–Crippen LogP) is 1.05. The topological polar surface area (TPSA) is 66.8 Å². The maximum atomic E-state index is 11.9. The van der Waals surface area contributed by atoms with Crippen molar-refractivity contribution in [1.82, 2.24) is 4.90 Å². The van der Waals surface area contributed by atoms with E-state index in [0.29, 0.717) is 6.61 Å². The minimum absolute atomic E-state index is 0.0913. The summed E-state index contributed by atoms with van der Waals surface area (Å²) in [5.74, 6) is -0.815. The summed E-state index contributed by atoms with van der Waals surface area (Å²) in [4.78, 5) is 24.5. The second-order valence-electron chi connectivity index (χ2n) is 4.65. The molecule has 1 N–H and O–H groups in total. The van der Waals surface area contributed by atoms with Crippen LogP contribution in [-0.2, 0) is 9.59 Å². The minimum atomic E-state index is -0.905. The van der Waals surface area contributed by atoms with Crippen LogP contribution in [0.3, 0.4) is 0 Å². The SMILES string of the molecule is O=C(O)C1CC(=O)N(C2COc3ccccc32)C1. The standard InChI is InChI=1S/C13H13NO4/c15-12-5-8(13(16)17)6-14(12)10-7-18-11-4-2-1-3-9(10)11/h1-4,8,10H,5-7H2,(H,16,17). The summed E-state index contributed by atoms with van der Waals surface area (Å²) in [5, 5.41) is 8.98. The van der Waals surface area contributed by atoms with Crippen molar-refractivity contribution in [2.75, 3.05) is 13.2 Å². The van der Waals surface area contributed by atoms with Crippen LogP contribution < -0.4 is 4.74 Å². The fourth-order valence-corrected chi connectivity index (χ4v) is 2.60. The van der Waals surface area contributed by atoms with Crippen LogP contribution in [0.25, 0.3) is 0 Å². The van der Waals surface area contributed by atoms with Crippen LogP contribution in [0.2, 0.25) is 0 Å². The Morgan fingerprint density at radius 2 is 2.17 bits per heavy atom. The van der Waals surface area contributed by atoms with Crippen molar-refractivity contribution < 1.29 is 19.4 Å². The molecule has 0 bridgehead atoms. The van der Waals surface area contributed by atoms with Gasteiger partial charge in [0.1, 0.15) is 12.4 Å². The molecule has 2 heterocycles. The third kappa shape index (κ3) is 1.63. The first kappa shape index (κ1) is 11.1. The van der Waals surface area contributed by atoms with Gasteiger partial charge in [0.05, 0.1) is 12.0 Å². The molecule has 1 aromatic carbocycles. The summed E-state index contributed by atoms with van der Waals surface area (Å²) >= 11 is 0. The zero-order chi connectivity index (χ0) is 12.7. The number of carboxylic acid groups (broad SMARTS) is 1. The lowest BCUT2D eigenvalue weighted by Gasteiger charge is -2.22. The Balaban J connectivity index is 1.85. The molecule has 1 amide bonds. The van der Waals surface area contributed by atoms with Crippen LogP contribution in [0, 0.1) is 5.92 Å². The van der Waals surface area contributed by atoms with Crippen molar-refractivity contribution in [1.29, 1.82) is 0 Å². The van der Waals surface area contributed by atoms with Crippen LogP contribution in [0.4, 0.5) is 0 Å². The zero-order valence-corrected chi connectivity index (χ0v) is 9.70. The summed E-state index contributed by atoms with van der Waals surface area (Å²) in [6.45, 7) is 0.688. The first-order chi connectivity index (χ1) is 8.66. The summed E-state index contributed by atoms with van der Waals surface area (Å²) < 4.78 is 5.53. The average Bonchev–Trinajstić information content (AvgIpc) is 2.92. The average molecular weight is 247 g/mol. The van der Waals surface area contributed by atoms with Crippen molar-refractivity contribution in [3.05, 3.63) is 29.8 Å². The quantitative estimate of drug-likeness (QED) is 0.848. The lowest BCUT2D eigenvalue weighted by Crippen LogP contribution is -2.31. The van der Waals surface area contributed by atoms with E-state index in [9.17, 15) is 9.59 Å². The van der Waals surface area contributed by atoms with Gasteiger partial charge in [0.25, 0.3) is 0 Å². The molecule has 1 aromatic rings. The lowest BCUT2D eigenvalue weighted by molar-refractivity contribution is -0.141. The number of amides is 1. The highest BCUT2D eigenvalue weighted by atomic mass is 16.5. The molecular formula is C13H13NO4. The van der Waals surface area contributed by atoms with E-state index in [4.69, 9.17) is 9.84 Å². The van der Waals surface area contributed by atoms with E-state index in [1.165, 1.54) is 0 Å². The number of nitrogens with zero attached hydrogens (tertiary/aromatic N) is 1. The molecule has 5 heteroatoms. The maximum absolute atomic E-state index is 11.9. The monoisotopic (exact) mass is 247 g/mol. The number of likely N-dealkylation sites (tertiary alicyclic amines) is 1. The molecule has 0 aliphatic carbocycles. The van der Waals surface area contributed by atoms with Crippen LogP contribution in [0.1, 0.15) is 18.0 Å². The molecule has 0 radical (unpaired) electrons. The van der Waals surface area contributed by atoms with Gasteiger partial charge in [-0.1, -0.05) is 18.2 Å². The molecule has 0 saturated carbocycles. The van der Waals surface area contributed by atoms with Crippen LogP contribution in [-0.4, -0.2) is 35.0 Å². The second-order valence-corrected chi connectivity index (χ2v) is 4.65. The van der Waals surface area contributed by atoms with Crippen molar-refractivity contribution in [3.8, 4) is 5.75 Å². The Morgan fingerprint density at radius 1 is 1.39 bits per heavy atom. The van der Waals surface area contributed by atoms with Crippen molar-refractivity contribution in [2.24, 2.45) is 5.92 Å². The third-order valence-corrected chi connectivity index (χ3v) is 3.56. The number of hydrogen-bond acceptors (Lipinski definition) is 3. The van der Waals surface area contributed by atoms with Crippen LogP contribution in [0.5, 0.6) is 5.75 Å². The number of benzene rings is 1. The van der Waals surface area contributed by atoms with E-state index >= 15 is 0 Å². The molecule has 1 saturated heterocycles. The Hall–Kier alpha value is -2.04. The molecule has 3 rings (SSSR count). The van der Waals surface area contributed by atoms with E-state index in [0.717, 1.165) is 11.3 Å². The number of carboxylic acids is 1. The Kier molecular flexibility index (Phi) is 2.47. The smallest absolute Gasteiger partial charge is 0.308 e. The Morgan fingerprint density at radius 3 is 2.89 bits per heavy atom. The molecule has 2 unspecified atom stereocenters. The second kappa shape index (κ2) is 4.01. The van der Waals surface area contributed by atoms with Crippen molar-refractivity contribution >= 4 is 11.9 Å². The number of hydrogen-bond donors (Lipinski definition) is 1. The molecular weight excluding hydrogens is 234 g/mol. The Bertz CT molecular complexity index is 513. The molecule has 2 aliphatic heterocycles. The van der Waals surface area contributed by atoms with E-state index in [2.05, 4.69) is 0 Å². The van der Waals surface area contributed by atoms with Gasteiger partial charge in [-0.15, -0.1) is 0 Å². The van der Waals surface area contributed by atoms with Gasteiger partial charge < -0.3 is 14.7 Å². The molecule has 2 aliphatic rings. The lowest BCUT2D eigenvalue weighted by atomic mass is 10.1. The van der Waals surface area contributed by atoms with E-state index in [1.54, 1.807) is 4.90 Å². The molecule has 0 spiro atoms. The van der Waals surface area contributed by atoms with Gasteiger partial charge in [-0.25, -0.2) is 0 Å². The van der Waals surface area contributed by atoms with Gasteiger partial charge in [0.2, 0.25) is 5.91 Å². The third-order valence-electron chi connectivity index (χ3n) is 3.56. The highest BCUT2D eigenvalue weighted by Crippen LogP contribution is 2.38. The van der Waals surface area contributed by atoms with Gasteiger partial charge in [0, 0.05) is 18.5 Å². The number of para-hydroxylation sites is 1. The summed E-state index contributed by atoms with van der Waals surface area (Å²) in [5.41, 5.74) is 0.969. The number of fused-ring (bicyclic) bond motifs is 1. The molecule has 2 atom stereocenters. The van der Waals surface area contributed by atoms with E-state index in [-0.39, 0.29) is 24.9 Å². The van der Waals surface area contributed by atoms with E-state index in [1.807, 2.05) is 24.3 Å². The van der Waals surface area contributed by atoms with Crippen molar-refractivity contribution in [2.45, 2.75) is 12.5 Å². The predicted molar refractivity (Wildman–Crippen MR) is 62.1 cm³/mol.